The number of nitrogens with zero attached hydrogens (tertiary/aromatic N) is 2. The van der Waals surface area contributed by atoms with Gasteiger partial charge in [-0.15, -0.1) is 0 Å². The molecule has 0 fully saturated rings. The summed E-state index contributed by atoms with van der Waals surface area (Å²) in [6.07, 6.45) is 4.55. The van der Waals surface area contributed by atoms with E-state index >= 15 is 0 Å². The van der Waals surface area contributed by atoms with Crippen LogP contribution in [0.1, 0.15) is 68.4 Å². The second-order valence-corrected chi connectivity index (χ2v) is 7.68. The molecule has 2 atom stereocenters. The maximum atomic E-state index is 13.0. The van der Waals surface area contributed by atoms with E-state index in [0.29, 0.717) is 11.8 Å². The Morgan fingerprint density at radius 1 is 1.21 bits per heavy atom. The quantitative estimate of drug-likeness (QED) is 0.544. The van der Waals surface area contributed by atoms with Crippen molar-refractivity contribution >= 4 is 11.9 Å². The van der Waals surface area contributed by atoms with Gasteiger partial charge in [0.15, 0.2) is 0 Å². The lowest BCUT2D eigenvalue weighted by Gasteiger charge is -2.30. The van der Waals surface area contributed by atoms with Crippen molar-refractivity contribution < 1.29 is 14.3 Å². The molecule has 0 aliphatic heterocycles. The van der Waals surface area contributed by atoms with Crippen LogP contribution in [0.2, 0.25) is 0 Å². The molecule has 1 aromatic carbocycles. The van der Waals surface area contributed by atoms with E-state index in [2.05, 4.69) is 20.8 Å². The second kappa shape index (κ2) is 8.55. The zero-order valence-electron chi connectivity index (χ0n) is 17.0. The molecule has 0 saturated heterocycles. The van der Waals surface area contributed by atoms with Crippen LogP contribution in [0.15, 0.2) is 42.5 Å². The van der Waals surface area contributed by atoms with Crippen LogP contribution in [-0.4, -0.2) is 28.3 Å². The normalized spacial score (nSPS) is 19.0. The van der Waals surface area contributed by atoms with E-state index in [1.165, 1.54) is 16.8 Å². The molecule has 28 heavy (non-hydrogen) atoms. The Kier molecular flexibility index (Phi) is 6.12. The Morgan fingerprint density at radius 2 is 1.93 bits per heavy atom. The Labute approximate surface area is 166 Å². The van der Waals surface area contributed by atoms with E-state index in [1.807, 2.05) is 30.3 Å². The van der Waals surface area contributed by atoms with Gasteiger partial charge in [0.2, 0.25) is 0 Å². The van der Waals surface area contributed by atoms with Crippen molar-refractivity contribution in [3.8, 4) is 11.3 Å². The van der Waals surface area contributed by atoms with Gasteiger partial charge in [0.1, 0.15) is 0 Å². The zero-order chi connectivity index (χ0) is 20.3. The van der Waals surface area contributed by atoms with E-state index in [1.54, 1.807) is 6.92 Å². The minimum absolute atomic E-state index is 0.260. The summed E-state index contributed by atoms with van der Waals surface area (Å²) in [6.45, 7) is 8.58. The average Bonchev–Trinajstić information content (AvgIpc) is 3.08. The Morgan fingerprint density at radius 3 is 2.57 bits per heavy atom. The van der Waals surface area contributed by atoms with Crippen LogP contribution in [0.25, 0.3) is 11.3 Å². The minimum Gasteiger partial charge on any atom is -0.463 e. The van der Waals surface area contributed by atoms with Crippen molar-refractivity contribution in [2.75, 3.05) is 6.61 Å². The third-order valence-corrected chi connectivity index (χ3v) is 5.42. The number of esters is 1. The molecule has 0 radical (unpaired) electrons. The van der Waals surface area contributed by atoms with Crippen molar-refractivity contribution in [3.63, 3.8) is 0 Å². The fourth-order valence-electron chi connectivity index (χ4n) is 4.02. The van der Waals surface area contributed by atoms with Gasteiger partial charge in [-0.25, -0.2) is 9.48 Å². The highest BCUT2D eigenvalue weighted by molar-refractivity contribution is 5.96. The number of allylic oxidation sites excluding steroid dienone is 1. The SMILES string of the molecule is CCOC(=O)/C=C/C(=O)n1nc(-c2ccccc2)c2c1[C@H](C(C)C)CC[C@@H]2C. The maximum absolute atomic E-state index is 13.0. The predicted molar refractivity (Wildman–Crippen MR) is 109 cm³/mol. The average molecular weight is 380 g/mol. The smallest absolute Gasteiger partial charge is 0.330 e. The molecule has 0 bridgehead atoms. The molecule has 0 spiro atoms. The van der Waals surface area contributed by atoms with Gasteiger partial charge in [0, 0.05) is 29.2 Å². The van der Waals surface area contributed by atoms with E-state index in [4.69, 9.17) is 9.84 Å². The molecule has 0 saturated carbocycles. The molecule has 0 N–H and O–H groups in total. The molecule has 1 aliphatic carbocycles. The first-order valence-electron chi connectivity index (χ1n) is 10.0. The Bertz CT molecular complexity index is 881. The van der Waals surface area contributed by atoms with Crippen molar-refractivity contribution in [3.05, 3.63) is 53.7 Å². The number of ether oxygens (including phenoxy) is 1. The first-order valence-corrected chi connectivity index (χ1v) is 10.0. The van der Waals surface area contributed by atoms with E-state index in [-0.39, 0.29) is 18.4 Å². The lowest BCUT2D eigenvalue weighted by Crippen LogP contribution is -2.23. The van der Waals surface area contributed by atoms with E-state index in [0.717, 1.165) is 35.4 Å². The summed E-state index contributed by atoms with van der Waals surface area (Å²) in [5.74, 6) is 0.152. The highest BCUT2D eigenvalue weighted by atomic mass is 16.5. The molecule has 2 aromatic rings. The van der Waals surface area contributed by atoms with Gasteiger partial charge in [0.05, 0.1) is 18.0 Å². The number of carbonyl (C=O) groups is 2. The van der Waals surface area contributed by atoms with Crippen LogP contribution in [0.5, 0.6) is 0 Å². The lowest BCUT2D eigenvalue weighted by molar-refractivity contribution is -0.137. The largest absolute Gasteiger partial charge is 0.463 e. The topological polar surface area (TPSA) is 61.2 Å². The van der Waals surface area contributed by atoms with Gasteiger partial charge in [-0.05, 0) is 31.6 Å². The first kappa shape index (κ1) is 20.1. The summed E-state index contributed by atoms with van der Waals surface area (Å²) in [4.78, 5) is 24.6. The summed E-state index contributed by atoms with van der Waals surface area (Å²) in [7, 11) is 0. The van der Waals surface area contributed by atoms with Crippen molar-refractivity contribution in [2.45, 2.75) is 52.4 Å². The summed E-state index contributed by atoms with van der Waals surface area (Å²) >= 11 is 0. The minimum atomic E-state index is -0.520. The Balaban J connectivity index is 2.12. The summed E-state index contributed by atoms with van der Waals surface area (Å²) in [5.41, 5.74) is 4.03. The third-order valence-electron chi connectivity index (χ3n) is 5.42. The number of hydrogen-bond acceptors (Lipinski definition) is 4. The van der Waals surface area contributed by atoms with Gasteiger partial charge < -0.3 is 4.74 Å². The van der Waals surface area contributed by atoms with Crippen LogP contribution < -0.4 is 0 Å². The highest BCUT2D eigenvalue weighted by Crippen LogP contribution is 2.46. The van der Waals surface area contributed by atoms with Gasteiger partial charge in [0.25, 0.3) is 5.91 Å². The molecule has 0 unspecified atom stereocenters. The number of rotatable bonds is 5. The number of hydrogen-bond donors (Lipinski definition) is 0. The van der Waals surface area contributed by atoms with Crippen LogP contribution in [0.3, 0.4) is 0 Å². The van der Waals surface area contributed by atoms with Crippen LogP contribution in [0.4, 0.5) is 0 Å². The van der Waals surface area contributed by atoms with Crippen LogP contribution >= 0.6 is 0 Å². The molecular weight excluding hydrogens is 352 g/mol. The molecule has 0 amide bonds. The Hall–Kier alpha value is -2.69. The standard InChI is InChI=1S/C23H28N2O3/c1-5-28-20(27)14-13-19(26)25-23-18(15(2)3)12-11-16(4)21(23)22(24-25)17-9-7-6-8-10-17/h6-10,13-16,18H,5,11-12H2,1-4H3/b14-13+/t16-,18-/m0/s1. The molecular formula is C23H28N2O3. The number of aromatic nitrogens is 2. The summed E-state index contributed by atoms with van der Waals surface area (Å²) < 4.78 is 6.39. The molecule has 5 heteroatoms. The maximum Gasteiger partial charge on any atom is 0.330 e. The van der Waals surface area contributed by atoms with E-state index < -0.39 is 5.97 Å². The summed E-state index contributed by atoms with van der Waals surface area (Å²) in [5, 5.41) is 4.73. The molecule has 1 aliphatic rings. The number of benzene rings is 1. The van der Waals surface area contributed by atoms with Crippen LogP contribution in [-0.2, 0) is 9.53 Å². The fraction of sp³-hybridized carbons (Fsp3) is 0.435. The van der Waals surface area contributed by atoms with Crippen molar-refractivity contribution in [1.82, 2.24) is 9.78 Å². The number of fused-ring (bicyclic) bond motifs is 1. The molecule has 1 heterocycles. The van der Waals surface area contributed by atoms with Crippen molar-refractivity contribution in [1.29, 1.82) is 0 Å². The number of carbonyl (C=O) groups excluding carboxylic acids is 2. The zero-order valence-corrected chi connectivity index (χ0v) is 17.0. The lowest BCUT2D eigenvalue weighted by atomic mass is 9.75. The highest BCUT2D eigenvalue weighted by Gasteiger charge is 2.35. The molecule has 1 aromatic heterocycles. The van der Waals surface area contributed by atoms with Gasteiger partial charge in [-0.1, -0.05) is 51.1 Å². The van der Waals surface area contributed by atoms with Gasteiger partial charge in [-0.3, -0.25) is 4.79 Å². The fourth-order valence-corrected chi connectivity index (χ4v) is 4.02. The molecule has 3 rings (SSSR count). The van der Waals surface area contributed by atoms with E-state index in [9.17, 15) is 9.59 Å². The second-order valence-electron chi connectivity index (χ2n) is 7.68. The predicted octanol–water partition coefficient (Wildman–Crippen LogP) is 4.95. The summed E-state index contributed by atoms with van der Waals surface area (Å²) in [6, 6.07) is 9.99. The monoisotopic (exact) mass is 380 g/mol. The van der Waals surface area contributed by atoms with Crippen molar-refractivity contribution in [2.24, 2.45) is 5.92 Å². The van der Waals surface area contributed by atoms with Crippen LogP contribution in [0, 0.1) is 5.92 Å². The molecule has 5 nitrogen and oxygen atoms in total. The molecule has 148 valence electrons. The first-order chi connectivity index (χ1) is 13.4. The van der Waals surface area contributed by atoms with Gasteiger partial charge >= 0.3 is 5.97 Å². The van der Waals surface area contributed by atoms with Gasteiger partial charge in [-0.2, -0.15) is 5.10 Å². The third kappa shape index (κ3) is 3.93.